The molecule has 0 spiro atoms. The quantitative estimate of drug-likeness (QED) is 0.199. The first-order valence-electron chi connectivity index (χ1n) is 19.0. The van der Waals surface area contributed by atoms with Gasteiger partial charge in [-0.15, -0.1) is 5.10 Å². The molecule has 0 radical (unpaired) electrons. The number of aromatic nitrogens is 5. The van der Waals surface area contributed by atoms with Gasteiger partial charge in [0.2, 0.25) is 2.86 Å². The number of fused-ring (bicyclic) bond motifs is 1. The Kier molecular flexibility index (Phi) is 3.36. The van der Waals surface area contributed by atoms with Crippen LogP contribution in [0.3, 0.4) is 0 Å². The van der Waals surface area contributed by atoms with Crippen molar-refractivity contribution < 1.29 is 50.8 Å². The van der Waals surface area contributed by atoms with Crippen LogP contribution in [0.4, 0.5) is 14.6 Å². The number of anilines is 1. The number of thioether (sulfide) groups is 1. The number of nitrogens with one attached hydrogen (secondary N) is 1. The Morgan fingerprint density at radius 2 is 2.22 bits per heavy atom. The largest absolute Gasteiger partial charge is 0.394 e. The lowest BCUT2D eigenvalue weighted by Crippen LogP contribution is -2.33. The third-order valence-corrected chi connectivity index (χ3v) is 5.70. The summed E-state index contributed by atoms with van der Waals surface area (Å²) in [5, 5.41) is 27.8. The zero-order chi connectivity index (χ0) is 41.2. The van der Waals surface area contributed by atoms with Crippen molar-refractivity contribution in [2.45, 2.75) is 67.5 Å². The highest BCUT2D eigenvalue weighted by molar-refractivity contribution is 7.99. The molecule has 6 atom stereocenters. The van der Waals surface area contributed by atoms with Gasteiger partial charge < -0.3 is 25.4 Å². The minimum Gasteiger partial charge on any atom is -0.394 e. The predicted molar refractivity (Wildman–Crippen MR) is 128 cm³/mol. The SMILES string of the molecule is [2H]O[C@@]1([2H])[C@@]([2H])(O[2H])[C@]([2H])(n2nnc3c(N[C@H]4CC4([2H])c4c([2H])c([2H])c(F)c(F)c4[2H])nc(SC([2H])([2H])CC)nc32)C([2H])([2H])[C@]1([2H])OC([2H])([2H])C([2H])([2H])O. The first kappa shape index (κ1) is 11.5. The van der Waals surface area contributed by atoms with E-state index in [1.807, 2.05) is 0 Å². The van der Waals surface area contributed by atoms with Gasteiger partial charge in [0.25, 0.3) is 0 Å². The topological polar surface area (TPSA) is 138 Å². The lowest BCUT2D eigenvalue weighted by Gasteiger charge is -2.17. The molecule has 36 heavy (non-hydrogen) atoms. The van der Waals surface area contributed by atoms with E-state index < -0.39 is 119 Å². The van der Waals surface area contributed by atoms with Gasteiger partial charge in [-0.1, -0.05) is 29.9 Å². The van der Waals surface area contributed by atoms with Crippen molar-refractivity contribution in [2.75, 3.05) is 24.1 Å². The molecule has 2 aromatic heterocycles. The molecule has 5 rings (SSSR count). The van der Waals surface area contributed by atoms with Crippen LogP contribution in [-0.4, -0.2) is 86.3 Å². The number of rotatable bonds is 12. The minimum absolute atomic E-state index is 0.0415. The Morgan fingerprint density at radius 1 is 1.36 bits per heavy atom. The van der Waals surface area contributed by atoms with Gasteiger partial charge in [-0.2, -0.15) is 0 Å². The Morgan fingerprint density at radius 3 is 3.00 bits per heavy atom. The smallest absolute Gasteiger partial charge is 0.211 e. The third kappa shape index (κ3) is 4.90. The van der Waals surface area contributed by atoms with Crippen molar-refractivity contribution in [3.05, 3.63) is 35.3 Å². The fourth-order valence-corrected chi connectivity index (χ4v) is 3.77. The Labute approximate surface area is 235 Å². The molecule has 194 valence electrons. The number of hydrogen-bond acceptors (Lipinski definition) is 10. The maximum Gasteiger partial charge on any atom is 0.211 e. The maximum atomic E-state index is 14.5. The second-order valence-corrected chi connectivity index (χ2v) is 8.07. The second-order valence-electron chi connectivity index (χ2n) is 7.21. The lowest BCUT2D eigenvalue weighted by molar-refractivity contribution is -0.0629. The zero-order valence-electron chi connectivity index (χ0n) is 36.1. The average molecular weight is 541 g/mol. The van der Waals surface area contributed by atoms with E-state index in [2.05, 4.69) is 40.6 Å². The van der Waals surface area contributed by atoms with E-state index in [1.54, 1.807) is 0 Å². The van der Waals surface area contributed by atoms with Crippen LogP contribution in [0.1, 0.15) is 65.5 Å². The molecule has 13 heteroatoms. The van der Waals surface area contributed by atoms with Crippen molar-refractivity contribution >= 4 is 28.7 Å². The van der Waals surface area contributed by atoms with E-state index in [1.165, 1.54) is 6.92 Å². The molecule has 0 bridgehead atoms. The molecule has 2 heterocycles. The summed E-state index contributed by atoms with van der Waals surface area (Å²) in [6.45, 7) is -6.76. The van der Waals surface area contributed by atoms with E-state index >= 15 is 0 Å². The Balaban J connectivity index is 1.74. The number of nitrogens with zero attached hydrogens (tertiary/aromatic N) is 5. The summed E-state index contributed by atoms with van der Waals surface area (Å²) in [6, 6.07) is -8.55. The van der Waals surface area contributed by atoms with Gasteiger partial charge >= 0.3 is 0 Å². The molecule has 0 aliphatic heterocycles. The van der Waals surface area contributed by atoms with Crippen molar-refractivity contribution in [3.63, 3.8) is 0 Å². The fraction of sp³-hybridized carbons (Fsp3) is 0.565. The van der Waals surface area contributed by atoms with Crippen LogP contribution in [0.2, 0.25) is 0 Å². The number of halogens is 2. The van der Waals surface area contributed by atoms with Gasteiger partial charge in [0.1, 0.15) is 12.2 Å². The molecule has 1 unspecified atom stereocenters. The molecule has 2 aliphatic rings. The molecule has 4 N–H and O–H groups in total. The van der Waals surface area contributed by atoms with E-state index in [0.717, 1.165) is 0 Å². The summed E-state index contributed by atoms with van der Waals surface area (Å²) in [6.07, 6.45) is -17.2. The van der Waals surface area contributed by atoms with Crippen molar-refractivity contribution in [1.82, 2.24) is 25.0 Å². The molecule has 2 aliphatic carbocycles. The van der Waals surface area contributed by atoms with Crippen molar-refractivity contribution in [2.24, 2.45) is 0 Å². The normalized spacial score (nSPS) is 47.6. The molecular weight excluding hydrogens is 494 g/mol. The average Bonchev–Trinajstić information content (AvgIpc) is 3.48. The zero-order valence-corrected chi connectivity index (χ0v) is 18.9. The van der Waals surface area contributed by atoms with Crippen LogP contribution in [-0.2, 0) is 4.74 Å². The lowest BCUT2D eigenvalue weighted by atomic mass is 10.1. The second kappa shape index (κ2) is 10.5. The Hall–Kier alpha value is -2.45. The number of hydrogen-bond donors (Lipinski definition) is 4. The van der Waals surface area contributed by atoms with Crippen LogP contribution >= 0.6 is 11.8 Å². The van der Waals surface area contributed by atoms with Crippen LogP contribution in [0.25, 0.3) is 11.2 Å². The highest BCUT2D eigenvalue weighted by Crippen LogP contribution is 2.44. The van der Waals surface area contributed by atoms with E-state index in [9.17, 15) is 15.3 Å². The molecule has 0 amide bonds. The molecule has 10 nitrogen and oxygen atoms in total. The van der Waals surface area contributed by atoms with Gasteiger partial charge in [-0.25, -0.2) is 23.4 Å². The predicted octanol–water partition coefficient (Wildman–Crippen LogP) is 2.01. The molecule has 0 saturated heterocycles. The summed E-state index contributed by atoms with van der Waals surface area (Å²) in [4.78, 5) is 8.24. The van der Waals surface area contributed by atoms with Crippen LogP contribution < -0.4 is 5.32 Å². The van der Waals surface area contributed by atoms with Gasteiger partial charge in [0.15, 0.2) is 33.8 Å². The molecule has 2 fully saturated rings. The first-order chi connectivity index (χ1) is 24.4. The highest BCUT2D eigenvalue weighted by Gasteiger charge is 2.45. The molecule has 2 saturated carbocycles. The summed E-state index contributed by atoms with van der Waals surface area (Å²) in [5.41, 5.74) is -4.27. The monoisotopic (exact) mass is 540 g/mol. The van der Waals surface area contributed by atoms with E-state index in [4.69, 9.17) is 23.4 Å². The Bertz CT molecular complexity index is 1990. The molecular formula is C23H28F2N6O4S. The van der Waals surface area contributed by atoms with Gasteiger partial charge in [-0.05, 0) is 30.5 Å². The summed E-state index contributed by atoms with van der Waals surface area (Å²) < 4.78 is 182. The minimum atomic E-state index is -4.28. The number of ether oxygens (including phenoxy) is 1. The molecule has 3 aromatic rings. The van der Waals surface area contributed by atoms with Gasteiger partial charge in [0.05, 0.1) is 40.3 Å². The standard InChI is InChI=1S/C23H28F2N6O4S/c1-2-7-36-23-27-21(26-15-9-12(15)11-3-4-13(24)14(25)8-11)18-22(28-23)31(30-29-18)16-10-17(35-6-5-32)20(34)19(16)33/h3-4,8,12,15-17,19-20,32-34H,2,5-7,9-10H2,1H3,(H,26,27,28)/t12?,15-,16+,17-,19-,20+/m0/s1/i3D,4D,5D2,6D2,7D2,8D,10D2,12D,16D,17D,19D,20D,33D,34D. The van der Waals surface area contributed by atoms with E-state index in [-0.39, 0.29) is 17.5 Å². The van der Waals surface area contributed by atoms with Crippen LogP contribution in [0, 0.1) is 11.6 Å². The summed E-state index contributed by atoms with van der Waals surface area (Å²) in [7, 11) is 0. The fourth-order valence-electron chi connectivity index (χ4n) is 3.22. The van der Waals surface area contributed by atoms with Crippen molar-refractivity contribution in [3.8, 4) is 0 Å². The number of benzene rings is 1. The first-order valence-corrected chi connectivity index (χ1v) is 11.0. The van der Waals surface area contributed by atoms with Gasteiger partial charge in [0, 0.05) is 30.9 Å². The summed E-state index contributed by atoms with van der Waals surface area (Å²) in [5.74, 6) is -6.13. The van der Waals surface area contributed by atoms with Crippen LogP contribution in [0.5, 0.6) is 0 Å². The highest BCUT2D eigenvalue weighted by atomic mass is 32.2. The maximum absolute atomic E-state index is 14.5. The van der Waals surface area contributed by atoms with Crippen molar-refractivity contribution in [1.29, 1.82) is 2.86 Å². The van der Waals surface area contributed by atoms with E-state index in [0.29, 0.717) is 11.8 Å². The summed E-state index contributed by atoms with van der Waals surface area (Å²) >= 11 is 0.340. The van der Waals surface area contributed by atoms with Gasteiger partial charge in [-0.3, -0.25) is 0 Å². The molecule has 1 aromatic carbocycles. The third-order valence-electron chi connectivity index (χ3n) is 4.90. The van der Waals surface area contributed by atoms with Crippen LogP contribution in [0.15, 0.2) is 23.3 Å². The number of aliphatic hydroxyl groups is 3.